The fraction of sp³-hybridized carbons (Fsp3) is 0.400. The quantitative estimate of drug-likeness (QED) is 0.861. The van der Waals surface area contributed by atoms with Crippen molar-refractivity contribution < 1.29 is 4.42 Å². The summed E-state index contributed by atoms with van der Waals surface area (Å²) in [6.07, 6.45) is 0. The van der Waals surface area contributed by atoms with E-state index in [4.69, 9.17) is 16.0 Å². The molecule has 0 saturated carbocycles. The normalized spacial score (nSPS) is 16.5. The second-order valence-electron chi connectivity index (χ2n) is 4.89. The van der Waals surface area contributed by atoms with E-state index < -0.39 is 0 Å². The summed E-state index contributed by atoms with van der Waals surface area (Å²) in [5, 5.41) is 0.676. The van der Waals surface area contributed by atoms with E-state index in [2.05, 4.69) is 9.88 Å². The van der Waals surface area contributed by atoms with Crippen LogP contribution in [0.15, 0.2) is 28.7 Å². The molecule has 3 nitrogen and oxygen atoms in total. The summed E-state index contributed by atoms with van der Waals surface area (Å²) >= 11 is 8.21. The zero-order chi connectivity index (χ0) is 13.9. The molecule has 1 aromatic heterocycles. The average molecular weight is 309 g/mol. The molecule has 1 aliphatic rings. The van der Waals surface area contributed by atoms with E-state index in [-0.39, 0.29) is 0 Å². The van der Waals surface area contributed by atoms with Crippen LogP contribution in [0.1, 0.15) is 11.5 Å². The monoisotopic (exact) mass is 308 g/mol. The molecular formula is C15H17ClN2OS. The van der Waals surface area contributed by atoms with Crippen LogP contribution in [0, 0.1) is 6.92 Å². The highest BCUT2D eigenvalue weighted by Crippen LogP contribution is 2.28. The van der Waals surface area contributed by atoms with E-state index in [1.54, 1.807) is 0 Å². The Balaban J connectivity index is 1.82. The molecule has 2 aromatic rings. The topological polar surface area (TPSA) is 29.3 Å². The molecule has 2 heterocycles. The Bertz CT molecular complexity index is 593. The van der Waals surface area contributed by atoms with Crippen molar-refractivity contribution in [3.63, 3.8) is 0 Å². The number of benzene rings is 1. The highest BCUT2D eigenvalue weighted by Gasteiger charge is 2.17. The van der Waals surface area contributed by atoms with Gasteiger partial charge in [-0.05, 0) is 19.1 Å². The second kappa shape index (κ2) is 6.20. The van der Waals surface area contributed by atoms with Gasteiger partial charge in [0.15, 0.2) is 0 Å². The Morgan fingerprint density at radius 1 is 1.30 bits per heavy atom. The maximum Gasteiger partial charge on any atom is 0.228 e. The predicted molar refractivity (Wildman–Crippen MR) is 84.3 cm³/mol. The van der Waals surface area contributed by atoms with Crippen LogP contribution in [-0.2, 0) is 6.54 Å². The molecule has 0 aliphatic carbocycles. The summed E-state index contributed by atoms with van der Waals surface area (Å²) in [5.41, 5.74) is 1.88. The zero-order valence-corrected chi connectivity index (χ0v) is 13.0. The molecule has 1 fully saturated rings. The smallest absolute Gasteiger partial charge is 0.228 e. The van der Waals surface area contributed by atoms with Crippen molar-refractivity contribution in [1.29, 1.82) is 0 Å². The molecule has 0 N–H and O–H groups in total. The molecule has 0 radical (unpaired) electrons. The molecule has 106 valence electrons. The number of oxazole rings is 1. The third kappa shape index (κ3) is 3.03. The van der Waals surface area contributed by atoms with Crippen LogP contribution in [-0.4, -0.2) is 34.5 Å². The predicted octanol–water partition coefficient (Wildman–Crippen LogP) is 3.85. The molecule has 20 heavy (non-hydrogen) atoms. The Kier molecular flexibility index (Phi) is 4.34. The number of thioether (sulfide) groups is 1. The van der Waals surface area contributed by atoms with Crippen LogP contribution in [0.5, 0.6) is 0 Å². The Morgan fingerprint density at radius 2 is 2.05 bits per heavy atom. The fourth-order valence-corrected chi connectivity index (χ4v) is 3.49. The number of hydrogen-bond donors (Lipinski definition) is 0. The number of aromatic nitrogens is 1. The Hall–Kier alpha value is -0.970. The lowest BCUT2D eigenvalue weighted by atomic mass is 10.2. The van der Waals surface area contributed by atoms with Crippen molar-refractivity contribution in [2.75, 3.05) is 24.6 Å². The van der Waals surface area contributed by atoms with Gasteiger partial charge in [-0.25, -0.2) is 4.98 Å². The summed E-state index contributed by atoms with van der Waals surface area (Å²) in [6, 6.07) is 7.66. The molecule has 0 bridgehead atoms. The minimum absolute atomic E-state index is 0.620. The Morgan fingerprint density at radius 3 is 2.80 bits per heavy atom. The molecule has 0 amide bonds. The van der Waals surface area contributed by atoms with Crippen molar-refractivity contribution >= 4 is 23.4 Å². The van der Waals surface area contributed by atoms with Gasteiger partial charge in [-0.3, -0.25) is 4.90 Å². The number of rotatable bonds is 3. The van der Waals surface area contributed by atoms with Gasteiger partial charge >= 0.3 is 0 Å². The molecule has 3 rings (SSSR count). The van der Waals surface area contributed by atoms with E-state index in [1.807, 2.05) is 43.0 Å². The van der Waals surface area contributed by atoms with Crippen LogP contribution in [0.2, 0.25) is 5.02 Å². The zero-order valence-electron chi connectivity index (χ0n) is 11.4. The van der Waals surface area contributed by atoms with Gasteiger partial charge in [0.05, 0.1) is 16.3 Å². The molecule has 1 saturated heterocycles. The molecular weight excluding hydrogens is 292 g/mol. The van der Waals surface area contributed by atoms with E-state index in [9.17, 15) is 0 Å². The number of nitrogens with zero attached hydrogens (tertiary/aromatic N) is 2. The highest BCUT2D eigenvalue weighted by molar-refractivity contribution is 7.99. The first-order chi connectivity index (χ1) is 9.74. The number of halogens is 1. The van der Waals surface area contributed by atoms with E-state index in [0.717, 1.165) is 36.7 Å². The largest absolute Gasteiger partial charge is 0.441 e. The molecule has 0 unspecified atom stereocenters. The molecule has 0 spiro atoms. The summed E-state index contributed by atoms with van der Waals surface area (Å²) in [6.45, 7) is 5.08. The lowest BCUT2D eigenvalue weighted by Crippen LogP contribution is -2.32. The third-order valence-electron chi connectivity index (χ3n) is 3.47. The van der Waals surface area contributed by atoms with Gasteiger partial charge in [0, 0.05) is 31.1 Å². The summed E-state index contributed by atoms with van der Waals surface area (Å²) in [5.74, 6) is 3.91. The van der Waals surface area contributed by atoms with Gasteiger partial charge < -0.3 is 4.42 Å². The molecule has 1 aliphatic heterocycles. The van der Waals surface area contributed by atoms with Crippen LogP contribution < -0.4 is 0 Å². The lowest BCUT2D eigenvalue weighted by molar-refractivity contribution is 0.289. The van der Waals surface area contributed by atoms with Crippen molar-refractivity contribution in [2.45, 2.75) is 13.5 Å². The van der Waals surface area contributed by atoms with Gasteiger partial charge in [-0.15, -0.1) is 0 Å². The first-order valence-electron chi connectivity index (χ1n) is 6.75. The standard InChI is InChI=1S/C15H17ClN2OS/c1-11-14(10-18-6-8-20-9-7-18)17-15(19-11)12-4-2-3-5-13(12)16/h2-5H,6-10H2,1H3. The molecule has 5 heteroatoms. The summed E-state index contributed by atoms with van der Waals surface area (Å²) in [4.78, 5) is 7.06. The van der Waals surface area contributed by atoms with Crippen molar-refractivity contribution in [2.24, 2.45) is 0 Å². The van der Waals surface area contributed by atoms with E-state index >= 15 is 0 Å². The van der Waals surface area contributed by atoms with Gasteiger partial charge in [0.25, 0.3) is 0 Å². The van der Waals surface area contributed by atoms with Crippen LogP contribution in [0.25, 0.3) is 11.5 Å². The summed E-state index contributed by atoms with van der Waals surface area (Å²) in [7, 11) is 0. The molecule has 0 atom stereocenters. The first kappa shape index (κ1) is 14.0. The maximum atomic E-state index is 6.20. The maximum absolute atomic E-state index is 6.20. The average Bonchev–Trinajstić information content (AvgIpc) is 2.81. The van der Waals surface area contributed by atoms with Gasteiger partial charge in [-0.1, -0.05) is 23.7 Å². The van der Waals surface area contributed by atoms with Crippen molar-refractivity contribution in [3.8, 4) is 11.5 Å². The molecule has 1 aromatic carbocycles. The third-order valence-corrected chi connectivity index (χ3v) is 4.75. The second-order valence-corrected chi connectivity index (χ2v) is 6.52. The fourth-order valence-electron chi connectivity index (χ4n) is 2.30. The van der Waals surface area contributed by atoms with E-state index in [1.165, 1.54) is 11.5 Å². The van der Waals surface area contributed by atoms with E-state index in [0.29, 0.717) is 10.9 Å². The minimum atomic E-state index is 0.620. The first-order valence-corrected chi connectivity index (χ1v) is 8.28. The number of aryl methyl sites for hydroxylation is 1. The SMILES string of the molecule is Cc1oc(-c2ccccc2Cl)nc1CN1CCSCC1. The highest BCUT2D eigenvalue weighted by atomic mass is 35.5. The van der Waals surface area contributed by atoms with Crippen LogP contribution >= 0.6 is 23.4 Å². The summed E-state index contributed by atoms with van der Waals surface area (Å²) < 4.78 is 5.80. The van der Waals surface area contributed by atoms with Crippen molar-refractivity contribution in [3.05, 3.63) is 40.7 Å². The van der Waals surface area contributed by atoms with Gasteiger partial charge in [-0.2, -0.15) is 11.8 Å². The Labute approximate surface area is 128 Å². The van der Waals surface area contributed by atoms with Crippen LogP contribution in [0.4, 0.5) is 0 Å². The number of hydrogen-bond acceptors (Lipinski definition) is 4. The lowest BCUT2D eigenvalue weighted by Gasteiger charge is -2.25. The van der Waals surface area contributed by atoms with Crippen LogP contribution in [0.3, 0.4) is 0 Å². The van der Waals surface area contributed by atoms with Crippen molar-refractivity contribution in [1.82, 2.24) is 9.88 Å². The minimum Gasteiger partial charge on any atom is -0.441 e. The van der Waals surface area contributed by atoms with Gasteiger partial charge in [0.1, 0.15) is 5.76 Å². The van der Waals surface area contributed by atoms with Gasteiger partial charge in [0.2, 0.25) is 5.89 Å².